The molecule has 3 aromatic carbocycles. The number of nitrogens with zero attached hydrogens (tertiary/aromatic N) is 2. The number of methoxy groups -OCH3 is 2. The van der Waals surface area contributed by atoms with Crippen LogP contribution in [0.1, 0.15) is 36.4 Å². The molecule has 0 spiro atoms. The highest BCUT2D eigenvalue weighted by molar-refractivity contribution is 6.03. The van der Waals surface area contributed by atoms with Crippen molar-refractivity contribution in [2.75, 3.05) is 19.5 Å². The Balaban J connectivity index is 1.46. The summed E-state index contributed by atoms with van der Waals surface area (Å²) in [6.07, 6.45) is 0.716. The number of anilines is 1. The highest BCUT2D eigenvalue weighted by Crippen LogP contribution is 2.34. The minimum atomic E-state index is -0.238. The van der Waals surface area contributed by atoms with Crippen LogP contribution < -0.4 is 14.8 Å². The molecule has 174 valence electrons. The fraction of sp³-hybridized carbons (Fsp3) is 0.222. The van der Waals surface area contributed by atoms with E-state index >= 15 is 0 Å². The molecule has 0 saturated carbocycles. The summed E-state index contributed by atoms with van der Waals surface area (Å²) in [6.45, 7) is 0. The van der Waals surface area contributed by atoms with Crippen molar-refractivity contribution >= 4 is 23.2 Å². The molecule has 1 heterocycles. The molecular weight excluding hydrogens is 430 g/mol. The second-order valence-corrected chi connectivity index (χ2v) is 7.92. The van der Waals surface area contributed by atoms with Gasteiger partial charge in [-0.1, -0.05) is 42.5 Å². The Hall–Kier alpha value is -4.13. The zero-order valence-electron chi connectivity index (χ0n) is 19.2. The molecular formula is C27H27N3O4. The molecule has 1 unspecified atom stereocenters. The van der Waals surface area contributed by atoms with E-state index in [1.165, 1.54) is 5.01 Å². The Bertz CT molecular complexity index is 1160. The molecule has 34 heavy (non-hydrogen) atoms. The lowest BCUT2D eigenvalue weighted by atomic mass is 9.98. The molecule has 0 saturated heterocycles. The van der Waals surface area contributed by atoms with Crippen molar-refractivity contribution in [2.24, 2.45) is 5.10 Å². The number of carbonyl (C=O) groups is 2. The van der Waals surface area contributed by atoms with Crippen LogP contribution in [0.5, 0.6) is 11.5 Å². The summed E-state index contributed by atoms with van der Waals surface area (Å²) < 4.78 is 10.4. The van der Waals surface area contributed by atoms with E-state index in [4.69, 9.17) is 9.47 Å². The van der Waals surface area contributed by atoms with Gasteiger partial charge in [0.1, 0.15) is 11.5 Å². The maximum absolute atomic E-state index is 13.2. The number of rotatable bonds is 8. The van der Waals surface area contributed by atoms with Crippen LogP contribution in [-0.4, -0.2) is 36.8 Å². The van der Waals surface area contributed by atoms with E-state index in [1.807, 2.05) is 54.6 Å². The maximum Gasteiger partial charge on any atom is 0.243 e. The van der Waals surface area contributed by atoms with Crippen molar-refractivity contribution < 1.29 is 19.1 Å². The van der Waals surface area contributed by atoms with Crippen molar-refractivity contribution in [2.45, 2.75) is 25.3 Å². The molecule has 3 aromatic rings. The number of carbonyl (C=O) groups excluding carboxylic acids is 2. The SMILES string of the molecule is COc1ccc(NC(=O)CCC(=O)N2N=C(c3ccccc3)CC2c2ccc(OC)cc2)cc1. The first-order chi connectivity index (χ1) is 16.6. The van der Waals surface area contributed by atoms with Crippen LogP contribution in [0.3, 0.4) is 0 Å². The zero-order chi connectivity index (χ0) is 23.9. The van der Waals surface area contributed by atoms with Gasteiger partial charge < -0.3 is 14.8 Å². The van der Waals surface area contributed by atoms with Crippen LogP contribution in [0.4, 0.5) is 5.69 Å². The first-order valence-corrected chi connectivity index (χ1v) is 11.1. The van der Waals surface area contributed by atoms with Crippen LogP contribution >= 0.6 is 0 Å². The molecule has 1 aliphatic heterocycles. The van der Waals surface area contributed by atoms with Crippen LogP contribution in [0.15, 0.2) is 84.0 Å². The Morgan fingerprint density at radius 2 is 1.50 bits per heavy atom. The molecule has 1 N–H and O–H groups in total. The third-order valence-corrected chi connectivity index (χ3v) is 5.71. The Morgan fingerprint density at radius 1 is 0.882 bits per heavy atom. The average molecular weight is 458 g/mol. The second kappa shape index (κ2) is 10.7. The first kappa shape index (κ1) is 23.0. The summed E-state index contributed by atoms with van der Waals surface area (Å²) in [7, 11) is 3.20. The molecule has 1 atom stereocenters. The summed E-state index contributed by atoms with van der Waals surface area (Å²) in [5.41, 5.74) is 3.44. The molecule has 4 rings (SSSR count). The van der Waals surface area contributed by atoms with Crippen molar-refractivity contribution in [3.8, 4) is 11.5 Å². The van der Waals surface area contributed by atoms with Crippen LogP contribution in [0.2, 0.25) is 0 Å². The normalized spacial score (nSPS) is 14.9. The van der Waals surface area contributed by atoms with Gasteiger partial charge in [-0.2, -0.15) is 5.10 Å². The van der Waals surface area contributed by atoms with E-state index < -0.39 is 0 Å². The van der Waals surface area contributed by atoms with Crippen LogP contribution in [0, 0.1) is 0 Å². The highest BCUT2D eigenvalue weighted by atomic mass is 16.5. The number of ether oxygens (including phenoxy) is 2. The minimum absolute atomic E-state index is 0.0558. The number of benzene rings is 3. The first-order valence-electron chi connectivity index (χ1n) is 11.1. The van der Waals surface area contributed by atoms with Gasteiger partial charge in [-0.15, -0.1) is 0 Å². The van der Waals surface area contributed by atoms with E-state index in [9.17, 15) is 9.59 Å². The number of hydrazone groups is 1. The van der Waals surface area contributed by atoms with E-state index in [2.05, 4.69) is 10.4 Å². The van der Waals surface area contributed by atoms with Crippen LogP contribution in [-0.2, 0) is 9.59 Å². The Labute approximate surface area is 199 Å². The minimum Gasteiger partial charge on any atom is -0.497 e. The Morgan fingerprint density at radius 3 is 2.12 bits per heavy atom. The van der Waals surface area contributed by atoms with Gasteiger partial charge in [-0.25, -0.2) is 5.01 Å². The van der Waals surface area contributed by atoms with Gasteiger partial charge in [-0.3, -0.25) is 9.59 Å². The van der Waals surface area contributed by atoms with Gasteiger partial charge in [0.15, 0.2) is 0 Å². The predicted molar refractivity (Wildman–Crippen MR) is 131 cm³/mol. The van der Waals surface area contributed by atoms with Crippen molar-refractivity contribution in [1.82, 2.24) is 5.01 Å². The number of hydrogen-bond acceptors (Lipinski definition) is 5. The molecule has 0 aliphatic carbocycles. The lowest BCUT2D eigenvalue weighted by Gasteiger charge is -2.22. The van der Waals surface area contributed by atoms with Crippen LogP contribution in [0.25, 0.3) is 0 Å². The zero-order valence-corrected chi connectivity index (χ0v) is 19.2. The lowest BCUT2D eigenvalue weighted by molar-refractivity contribution is -0.134. The third-order valence-electron chi connectivity index (χ3n) is 5.71. The number of amides is 2. The van der Waals surface area contributed by atoms with Gasteiger partial charge in [0.2, 0.25) is 11.8 Å². The largest absolute Gasteiger partial charge is 0.497 e. The van der Waals surface area contributed by atoms with E-state index in [0.717, 1.165) is 22.6 Å². The summed E-state index contributed by atoms with van der Waals surface area (Å²) >= 11 is 0. The molecule has 7 nitrogen and oxygen atoms in total. The molecule has 0 aromatic heterocycles. The second-order valence-electron chi connectivity index (χ2n) is 7.92. The fourth-order valence-electron chi connectivity index (χ4n) is 3.86. The standard InChI is InChI=1S/C27H27N3O4/c1-33-22-12-8-20(9-13-22)25-18-24(19-6-4-3-5-7-19)29-30(25)27(32)17-16-26(31)28-21-10-14-23(34-2)15-11-21/h3-15,25H,16-18H2,1-2H3,(H,28,31). The average Bonchev–Trinajstić information content (AvgIpc) is 3.34. The third kappa shape index (κ3) is 5.43. The van der Waals surface area contributed by atoms with Gasteiger partial charge in [0, 0.05) is 24.9 Å². The smallest absolute Gasteiger partial charge is 0.243 e. The van der Waals surface area contributed by atoms with Gasteiger partial charge in [0.05, 0.1) is 26.0 Å². The molecule has 1 aliphatic rings. The van der Waals surface area contributed by atoms with Crippen molar-refractivity contribution in [3.05, 3.63) is 90.0 Å². The Kier molecular flexibility index (Phi) is 7.22. The van der Waals surface area contributed by atoms with Gasteiger partial charge in [0.25, 0.3) is 0 Å². The number of nitrogens with one attached hydrogen (secondary N) is 1. The van der Waals surface area contributed by atoms with Crippen molar-refractivity contribution in [3.63, 3.8) is 0 Å². The lowest BCUT2D eigenvalue weighted by Crippen LogP contribution is -2.28. The molecule has 0 fully saturated rings. The molecule has 0 bridgehead atoms. The quantitative estimate of drug-likeness (QED) is 0.527. The van der Waals surface area contributed by atoms with Gasteiger partial charge >= 0.3 is 0 Å². The maximum atomic E-state index is 13.2. The van der Waals surface area contributed by atoms with Gasteiger partial charge in [-0.05, 0) is 47.5 Å². The van der Waals surface area contributed by atoms with Crippen molar-refractivity contribution in [1.29, 1.82) is 0 Å². The summed E-state index contributed by atoms with van der Waals surface area (Å²) in [4.78, 5) is 25.6. The predicted octanol–water partition coefficient (Wildman–Crippen LogP) is 4.80. The molecule has 7 heteroatoms. The molecule has 2 amide bonds. The van der Waals surface area contributed by atoms with E-state index in [0.29, 0.717) is 17.9 Å². The summed E-state index contributed by atoms with van der Waals surface area (Å²) in [5.74, 6) is 1.03. The summed E-state index contributed by atoms with van der Waals surface area (Å²) in [6, 6.07) is 24.3. The van der Waals surface area contributed by atoms with E-state index in [-0.39, 0.29) is 30.7 Å². The topological polar surface area (TPSA) is 80.2 Å². The van der Waals surface area contributed by atoms with E-state index in [1.54, 1.807) is 38.5 Å². The number of hydrogen-bond donors (Lipinski definition) is 1. The highest BCUT2D eigenvalue weighted by Gasteiger charge is 2.33. The molecule has 0 radical (unpaired) electrons. The monoisotopic (exact) mass is 457 g/mol. The fourth-order valence-corrected chi connectivity index (χ4v) is 3.86. The summed E-state index contributed by atoms with van der Waals surface area (Å²) in [5, 5.41) is 9.00.